The van der Waals surface area contributed by atoms with Crippen molar-refractivity contribution >= 4 is 76.9 Å². The molecule has 0 amide bonds. The molecule has 0 fully saturated rings. The summed E-state index contributed by atoms with van der Waals surface area (Å²) in [6, 6.07) is 61.0. The van der Waals surface area contributed by atoms with Gasteiger partial charge in [0.05, 0.1) is 0 Å². The Morgan fingerprint density at radius 2 is 0.708 bits per heavy atom. The van der Waals surface area contributed by atoms with E-state index in [0.717, 1.165) is 0 Å². The van der Waals surface area contributed by atoms with Crippen molar-refractivity contribution < 1.29 is 0 Å². The van der Waals surface area contributed by atoms with E-state index in [1.165, 1.54) is 101 Å². The quantitative estimate of drug-likeness (QED) is 0.129. The van der Waals surface area contributed by atoms with Crippen molar-refractivity contribution in [2.24, 2.45) is 0 Å². The van der Waals surface area contributed by atoms with Crippen LogP contribution in [-0.2, 0) is 0 Å². The van der Waals surface area contributed by atoms with Crippen molar-refractivity contribution in [3.8, 4) is 33.4 Å². The van der Waals surface area contributed by atoms with Crippen LogP contribution in [0.3, 0.4) is 0 Å². The second-order valence-corrected chi connectivity index (χ2v) is 15.1. The molecule has 0 N–H and O–H groups in total. The van der Waals surface area contributed by atoms with Crippen LogP contribution in [0.15, 0.2) is 164 Å². The first-order valence-corrected chi connectivity index (χ1v) is 18.3. The maximum atomic E-state index is 2.48. The van der Waals surface area contributed by atoms with Gasteiger partial charge in [0.15, 0.2) is 0 Å². The van der Waals surface area contributed by atoms with Gasteiger partial charge in [-0.15, -0.1) is 0 Å². The number of fused-ring (bicyclic) bond motifs is 7. The Bertz CT molecular complexity index is 2780. The summed E-state index contributed by atoms with van der Waals surface area (Å²) in [5, 5.41) is 13.3. The first-order valence-electron chi connectivity index (χ1n) is 16.6. The van der Waals surface area contributed by atoms with E-state index in [4.69, 9.17) is 0 Å². The zero-order chi connectivity index (χ0) is 31.8. The number of benzene rings is 9. The van der Waals surface area contributed by atoms with E-state index in [2.05, 4.69) is 171 Å². The Morgan fingerprint density at radius 3 is 1.25 bits per heavy atom. The Kier molecular flexibility index (Phi) is 6.21. The molecule has 224 valence electrons. The van der Waals surface area contributed by atoms with Crippen molar-refractivity contribution in [1.82, 2.24) is 0 Å². The van der Waals surface area contributed by atoms with Crippen molar-refractivity contribution in [2.45, 2.75) is 6.92 Å². The molecule has 0 aliphatic carbocycles. The molecule has 0 atom stereocenters. The van der Waals surface area contributed by atoms with Crippen molar-refractivity contribution in [3.05, 3.63) is 169 Å². The van der Waals surface area contributed by atoms with E-state index < -0.39 is 0 Å². The van der Waals surface area contributed by atoms with Crippen LogP contribution in [0.4, 0.5) is 0 Å². The van der Waals surface area contributed by atoms with Crippen molar-refractivity contribution in [3.63, 3.8) is 0 Å². The molecule has 10 rings (SSSR count). The third-order valence-electron chi connectivity index (χ3n) is 10.2. The Balaban J connectivity index is 1.21. The summed E-state index contributed by atoms with van der Waals surface area (Å²) in [7, 11) is 0. The zero-order valence-electron chi connectivity index (χ0n) is 26.5. The molecule has 0 spiro atoms. The average molecular weight is 674 g/mol. The van der Waals surface area contributed by atoms with E-state index >= 15 is 0 Å². The van der Waals surface area contributed by atoms with E-state index in [1.54, 1.807) is 0 Å². The summed E-state index contributed by atoms with van der Waals surface area (Å²) < 4.78 is 2.93. The van der Waals surface area contributed by atoms with Crippen LogP contribution >= 0.6 is 0 Å². The van der Waals surface area contributed by atoms with E-state index in [1.807, 2.05) is 0 Å². The molecule has 0 bridgehead atoms. The molecule has 48 heavy (non-hydrogen) atoms. The van der Waals surface area contributed by atoms with Crippen LogP contribution in [0.25, 0.3) is 95.8 Å². The van der Waals surface area contributed by atoms with Crippen LogP contribution in [0.5, 0.6) is 0 Å². The molecule has 0 nitrogen and oxygen atoms in total. The van der Waals surface area contributed by atoms with Crippen LogP contribution in [0.1, 0.15) is 5.56 Å². The zero-order valence-corrected chi connectivity index (χ0v) is 28.2. The second-order valence-electron chi connectivity index (χ2n) is 12.8. The summed E-state index contributed by atoms with van der Waals surface area (Å²) in [4.78, 5) is 0. The van der Waals surface area contributed by atoms with Gasteiger partial charge in [-0.05, 0) is 0 Å². The standard InChI is InChI=1S/C47H30Se/c1-29-33-15-5-7-17-36(33)47(37-18-8-6-16-34(29)37)32-23-25-35-42-27-31(24-26-43(42)48-44(35)28-32)46-40-21-11-9-19-38(40)45(30-13-3-2-4-14-30)39-20-10-12-22-41(39)46/h2-28H,1H3. The minimum absolute atomic E-state index is 0.247. The number of aryl methyl sites for hydroxylation is 1. The van der Waals surface area contributed by atoms with Crippen LogP contribution in [0, 0.1) is 6.92 Å². The maximum absolute atomic E-state index is 2.48. The van der Waals surface area contributed by atoms with Gasteiger partial charge in [0.25, 0.3) is 0 Å². The van der Waals surface area contributed by atoms with Crippen molar-refractivity contribution in [2.75, 3.05) is 0 Å². The molecular formula is C47H30Se. The summed E-state index contributed by atoms with van der Waals surface area (Å²) in [5.74, 6) is 0. The number of hydrogen-bond donors (Lipinski definition) is 0. The van der Waals surface area contributed by atoms with Gasteiger partial charge in [-0.25, -0.2) is 0 Å². The average Bonchev–Trinajstić information content (AvgIpc) is 3.51. The van der Waals surface area contributed by atoms with Crippen LogP contribution in [-0.4, -0.2) is 14.5 Å². The van der Waals surface area contributed by atoms with Gasteiger partial charge in [0.1, 0.15) is 0 Å². The molecule has 0 aliphatic rings. The molecule has 0 saturated carbocycles. The molecule has 1 aromatic heterocycles. The molecule has 0 saturated heterocycles. The predicted octanol–water partition coefficient (Wildman–Crippen LogP) is 13.0. The fourth-order valence-corrected chi connectivity index (χ4v) is 10.5. The van der Waals surface area contributed by atoms with E-state index in [-0.39, 0.29) is 14.5 Å². The molecule has 0 aliphatic heterocycles. The third-order valence-corrected chi connectivity index (χ3v) is 12.6. The monoisotopic (exact) mass is 674 g/mol. The number of rotatable bonds is 3. The molecule has 9 aromatic carbocycles. The van der Waals surface area contributed by atoms with Gasteiger partial charge in [0, 0.05) is 0 Å². The SMILES string of the molecule is Cc1c2ccccc2c(-c2ccc3c(c2)[se]c2ccc(-c4c5ccccc5c(-c5ccccc5)c5ccccc45)cc23)c2ccccc12. The fraction of sp³-hybridized carbons (Fsp3) is 0.0213. The first-order chi connectivity index (χ1) is 23.7. The second kappa shape index (κ2) is 10.8. The summed E-state index contributed by atoms with van der Waals surface area (Å²) >= 11 is 0.247. The van der Waals surface area contributed by atoms with Crippen LogP contribution in [0.2, 0.25) is 0 Å². The molecule has 0 unspecified atom stereocenters. The van der Waals surface area contributed by atoms with Crippen molar-refractivity contribution in [1.29, 1.82) is 0 Å². The third kappa shape index (κ3) is 4.09. The first kappa shape index (κ1) is 27.6. The van der Waals surface area contributed by atoms with Gasteiger partial charge in [-0.1, -0.05) is 0 Å². The Labute approximate surface area is 285 Å². The Morgan fingerprint density at radius 1 is 0.292 bits per heavy atom. The summed E-state index contributed by atoms with van der Waals surface area (Å²) in [6.45, 7) is 2.26. The normalized spacial score (nSPS) is 11.9. The topological polar surface area (TPSA) is 0 Å². The van der Waals surface area contributed by atoms with E-state index in [0.29, 0.717) is 0 Å². The van der Waals surface area contributed by atoms with Gasteiger partial charge in [0.2, 0.25) is 0 Å². The molecule has 10 aromatic rings. The fourth-order valence-electron chi connectivity index (χ4n) is 8.10. The van der Waals surface area contributed by atoms with Gasteiger partial charge >= 0.3 is 287 Å². The molecule has 1 heteroatoms. The van der Waals surface area contributed by atoms with E-state index in [9.17, 15) is 0 Å². The molecular weight excluding hydrogens is 643 g/mol. The van der Waals surface area contributed by atoms with Gasteiger partial charge in [-0.3, -0.25) is 0 Å². The predicted molar refractivity (Wildman–Crippen MR) is 209 cm³/mol. The van der Waals surface area contributed by atoms with Gasteiger partial charge < -0.3 is 0 Å². The number of hydrogen-bond acceptors (Lipinski definition) is 0. The minimum atomic E-state index is 0.247. The molecule has 0 radical (unpaired) electrons. The summed E-state index contributed by atoms with van der Waals surface area (Å²) in [6.07, 6.45) is 0. The summed E-state index contributed by atoms with van der Waals surface area (Å²) in [5.41, 5.74) is 9.18. The molecule has 1 heterocycles. The van der Waals surface area contributed by atoms with Gasteiger partial charge in [-0.2, -0.15) is 0 Å². The Hall–Kier alpha value is -5.46. The van der Waals surface area contributed by atoms with Crippen LogP contribution < -0.4 is 0 Å².